The van der Waals surface area contributed by atoms with E-state index in [1.807, 2.05) is 0 Å². The first-order valence-electron chi connectivity index (χ1n) is 7.06. The number of hydrogen-bond donors (Lipinski definition) is 3. The number of nitrogens with two attached hydrogens (primary N) is 2. The van der Waals surface area contributed by atoms with Gasteiger partial charge in [0.2, 0.25) is 5.95 Å². The molecule has 11 heteroatoms. The minimum atomic E-state index is -1.23. The number of nitrogen functional groups attached to an aromatic ring is 1. The number of anilines is 2. The molecule has 3 rings (SSSR count). The molecule has 3 aromatic rings. The first kappa shape index (κ1) is 18.2. The van der Waals surface area contributed by atoms with Crippen LogP contribution in [-0.2, 0) is 4.74 Å². The normalized spacial score (nSPS) is 10.7. The van der Waals surface area contributed by atoms with Crippen LogP contribution in [-0.4, -0.2) is 29.1 Å². The number of benzene rings is 1. The fourth-order valence-electron chi connectivity index (χ4n) is 2.30. The molecule has 0 saturated heterocycles. The number of esters is 1. The van der Waals surface area contributed by atoms with E-state index in [0.29, 0.717) is 37.5 Å². The third-order valence-corrected chi connectivity index (χ3v) is 5.00. The second-order valence-electron chi connectivity index (χ2n) is 5.00. The smallest absolute Gasteiger partial charge is 0.397 e. The summed E-state index contributed by atoms with van der Waals surface area (Å²) < 4.78 is 4.41. The zero-order chi connectivity index (χ0) is 19.0. The fraction of sp³-hybridized carbons (Fsp3) is 0.0667. The van der Waals surface area contributed by atoms with Gasteiger partial charge < -0.3 is 21.5 Å². The molecule has 0 unspecified atom stereocenters. The maximum Gasteiger partial charge on any atom is 0.412 e. The zero-order valence-electron chi connectivity index (χ0n) is 13.2. The van der Waals surface area contributed by atoms with Gasteiger partial charge in [0.15, 0.2) is 0 Å². The van der Waals surface area contributed by atoms with E-state index in [0.717, 1.165) is 11.3 Å². The Hall–Kier alpha value is -2.62. The lowest BCUT2D eigenvalue weighted by molar-refractivity contribution is 0.0644. The average molecular weight is 412 g/mol. The highest BCUT2D eigenvalue weighted by Gasteiger charge is 2.24. The topological polar surface area (TPSA) is 133 Å². The van der Waals surface area contributed by atoms with Crippen LogP contribution in [0.4, 0.5) is 16.4 Å². The number of fused-ring (bicyclic) bond motifs is 1. The average Bonchev–Trinajstić information content (AvgIpc) is 2.90. The third-order valence-electron chi connectivity index (χ3n) is 3.38. The van der Waals surface area contributed by atoms with Gasteiger partial charge in [-0.25, -0.2) is 19.6 Å². The van der Waals surface area contributed by atoms with Gasteiger partial charge in [0.1, 0.15) is 9.71 Å². The van der Waals surface area contributed by atoms with Crippen LogP contribution in [0.2, 0.25) is 10.0 Å². The molecule has 5 N–H and O–H groups in total. The van der Waals surface area contributed by atoms with Crippen LogP contribution in [0.25, 0.3) is 21.5 Å². The van der Waals surface area contributed by atoms with Gasteiger partial charge in [-0.1, -0.05) is 23.2 Å². The number of halogens is 2. The number of hydrogen-bond acceptors (Lipinski definition) is 8. The summed E-state index contributed by atoms with van der Waals surface area (Å²) in [7, 11) is 1.65. The lowest BCUT2D eigenvalue weighted by Gasteiger charge is -2.09. The first-order valence-corrected chi connectivity index (χ1v) is 8.63. The molecular weight excluding hydrogens is 401 g/mol. The van der Waals surface area contributed by atoms with E-state index in [2.05, 4.69) is 20.0 Å². The predicted octanol–water partition coefficient (Wildman–Crippen LogP) is 3.52. The zero-order valence-corrected chi connectivity index (χ0v) is 15.5. The second kappa shape index (κ2) is 6.94. The first-order chi connectivity index (χ1) is 12.3. The van der Waals surface area contributed by atoms with Crippen LogP contribution in [0.1, 0.15) is 9.67 Å². The van der Waals surface area contributed by atoms with Crippen molar-refractivity contribution in [1.29, 1.82) is 0 Å². The van der Waals surface area contributed by atoms with Gasteiger partial charge in [-0.05, 0) is 18.2 Å². The Balaban J connectivity index is 2.29. The number of thiophene rings is 1. The van der Waals surface area contributed by atoms with Crippen molar-refractivity contribution in [1.82, 2.24) is 9.97 Å². The minimum Gasteiger partial charge on any atom is -0.397 e. The molecule has 134 valence electrons. The Bertz CT molecular complexity index is 1050. The number of amides is 1. The van der Waals surface area contributed by atoms with E-state index in [4.69, 9.17) is 34.7 Å². The molecule has 0 fully saturated rings. The van der Waals surface area contributed by atoms with Crippen molar-refractivity contribution in [3.63, 3.8) is 0 Å². The Labute approximate surface area is 161 Å². The Morgan fingerprint density at radius 3 is 2.62 bits per heavy atom. The van der Waals surface area contributed by atoms with Crippen molar-refractivity contribution >= 4 is 68.5 Å². The largest absolute Gasteiger partial charge is 0.412 e. The van der Waals surface area contributed by atoms with Crippen molar-refractivity contribution in [2.45, 2.75) is 0 Å². The highest BCUT2D eigenvalue weighted by atomic mass is 35.5. The molecule has 0 aliphatic heterocycles. The molecule has 1 aromatic carbocycles. The molecular formula is C15H11Cl2N5O3S. The van der Waals surface area contributed by atoms with Crippen LogP contribution in [0.5, 0.6) is 0 Å². The number of nitrogens with zero attached hydrogens (tertiary/aromatic N) is 2. The van der Waals surface area contributed by atoms with Crippen molar-refractivity contribution < 1.29 is 14.3 Å². The molecule has 0 aliphatic rings. The minimum absolute atomic E-state index is 0.00677. The molecule has 0 saturated carbocycles. The van der Waals surface area contributed by atoms with Crippen molar-refractivity contribution in [3.05, 3.63) is 33.1 Å². The number of rotatable bonds is 3. The molecule has 2 heterocycles. The lowest BCUT2D eigenvalue weighted by Crippen LogP contribution is -2.18. The molecule has 0 radical (unpaired) electrons. The molecule has 8 nitrogen and oxygen atoms in total. The number of ether oxygens (including phenoxy) is 1. The van der Waals surface area contributed by atoms with Crippen LogP contribution in [0.3, 0.4) is 0 Å². The van der Waals surface area contributed by atoms with E-state index in [1.54, 1.807) is 25.2 Å². The van der Waals surface area contributed by atoms with Crippen LogP contribution < -0.4 is 16.8 Å². The second-order valence-corrected chi connectivity index (χ2v) is 6.85. The summed E-state index contributed by atoms with van der Waals surface area (Å²) in [6.07, 6.45) is -1.23. The molecule has 26 heavy (non-hydrogen) atoms. The Kier molecular flexibility index (Phi) is 4.86. The predicted molar refractivity (Wildman–Crippen MR) is 102 cm³/mol. The van der Waals surface area contributed by atoms with E-state index >= 15 is 0 Å². The highest BCUT2D eigenvalue weighted by Crippen LogP contribution is 2.41. The number of carbonyl (C=O) groups is 2. The number of primary amides is 1. The summed E-state index contributed by atoms with van der Waals surface area (Å²) in [6, 6.07) is 4.90. The van der Waals surface area contributed by atoms with Crippen LogP contribution in [0, 0.1) is 0 Å². The summed E-state index contributed by atoms with van der Waals surface area (Å²) >= 11 is 13.2. The maximum atomic E-state index is 12.1. The van der Waals surface area contributed by atoms with Crippen molar-refractivity contribution in [2.75, 3.05) is 18.1 Å². The van der Waals surface area contributed by atoms with Crippen LogP contribution >= 0.6 is 34.5 Å². The summed E-state index contributed by atoms with van der Waals surface area (Å²) in [5, 5.41) is 4.06. The van der Waals surface area contributed by atoms with Crippen molar-refractivity contribution in [2.24, 2.45) is 5.73 Å². The monoisotopic (exact) mass is 411 g/mol. The molecule has 0 bridgehead atoms. The lowest BCUT2D eigenvalue weighted by atomic mass is 10.1. The number of carbonyl (C=O) groups excluding carboxylic acids is 2. The van der Waals surface area contributed by atoms with Gasteiger partial charge in [-0.2, -0.15) is 0 Å². The Morgan fingerprint density at radius 1 is 1.27 bits per heavy atom. The maximum absolute atomic E-state index is 12.1. The van der Waals surface area contributed by atoms with Gasteiger partial charge in [-0.3, -0.25) is 0 Å². The summed E-state index contributed by atoms with van der Waals surface area (Å²) in [5.74, 6) is -0.660. The van der Waals surface area contributed by atoms with Gasteiger partial charge in [0.25, 0.3) is 0 Å². The molecule has 1 amide bonds. The van der Waals surface area contributed by atoms with Gasteiger partial charge in [0, 0.05) is 17.6 Å². The third kappa shape index (κ3) is 3.24. The molecule has 0 atom stereocenters. The summed E-state index contributed by atoms with van der Waals surface area (Å²) in [5.41, 5.74) is 12.0. The van der Waals surface area contributed by atoms with Crippen molar-refractivity contribution in [3.8, 4) is 11.3 Å². The van der Waals surface area contributed by atoms with E-state index in [9.17, 15) is 9.59 Å². The molecule has 0 spiro atoms. The van der Waals surface area contributed by atoms with E-state index in [-0.39, 0.29) is 10.6 Å². The van der Waals surface area contributed by atoms with E-state index < -0.39 is 12.1 Å². The standard InChI is InChI=1S/C15H11Cl2N5O3S/c1-20-15-21-10(6-3-2-5(16)4-7(6)17)8-9(18)11(26-12(8)22-15)13(23)25-14(19)24/h2-4H,18H2,1H3,(H2,19,24)(H,20,21,22). The highest BCUT2D eigenvalue weighted by molar-refractivity contribution is 7.21. The van der Waals surface area contributed by atoms with Gasteiger partial charge in [-0.15, -0.1) is 11.3 Å². The summed E-state index contributed by atoms with van der Waals surface area (Å²) in [6.45, 7) is 0. The van der Waals surface area contributed by atoms with Gasteiger partial charge in [0.05, 0.1) is 21.8 Å². The SMILES string of the molecule is CNc1nc(-c2ccc(Cl)cc2Cl)c2c(N)c(C(=O)OC(N)=O)sc2n1. The molecule has 0 aliphatic carbocycles. The number of nitrogens with one attached hydrogen (secondary N) is 1. The van der Waals surface area contributed by atoms with Crippen LogP contribution in [0.15, 0.2) is 18.2 Å². The number of aromatic nitrogens is 2. The molecule has 2 aromatic heterocycles. The quantitative estimate of drug-likeness (QED) is 0.443. The van der Waals surface area contributed by atoms with Gasteiger partial charge >= 0.3 is 12.1 Å². The van der Waals surface area contributed by atoms with E-state index in [1.165, 1.54) is 0 Å². The fourth-order valence-corrected chi connectivity index (χ4v) is 3.77. The summed E-state index contributed by atoms with van der Waals surface area (Å²) in [4.78, 5) is 32.0. The Morgan fingerprint density at radius 2 is 2.00 bits per heavy atom.